The number of nitrogens with one attached hydrogen (secondary N) is 1. The highest BCUT2D eigenvalue weighted by molar-refractivity contribution is 6.31. The van der Waals surface area contributed by atoms with Gasteiger partial charge in [-0.15, -0.1) is 0 Å². The number of hydrogen-bond acceptors (Lipinski definition) is 4. The van der Waals surface area contributed by atoms with Crippen molar-refractivity contribution in [3.8, 4) is 11.1 Å². The number of rotatable bonds is 6. The van der Waals surface area contributed by atoms with Crippen LogP contribution in [-0.4, -0.2) is 30.5 Å². The Labute approximate surface area is 195 Å². The van der Waals surface area contributed by atoms with Gasteiger partial charge >= 0.3 is 0 Å². The van der Waals surface area contributed by atoms with Gasteiger partial charge in [0.05, 0.1) is 12.2 Å². The van der Waals surface area contributed by atoms with E-state index in [-0.39, 0.29) is 12.5 Å². The summed E-state index contributed by atoms with van der Waals surface area (Å²) >= 11 is 6.23. The molecule has 0 atom stereocenters. The van der Waals surface area contributed by atoms with Crippen molar-refractivity contribution < 1.29 is 4.79 Å². The Balaban J connectivity index is 1.33. The van der Waals surface area contributed by atoms with Crippen LogP contribution in [0.15, 0.2) is 79.1 Å². The number of amides is 1. The van der Waals surface area contributed by atoms with E-state index in [4.69, 9.17) is 11.6 Å². The molecule has 2 aromatic carbocycles. The Bertz CT molecular complexity index is 1440. The number of aromatic nitrogens is 5. The summed E-state index contributed by atoms with van der Waals surface area (Å²) in [5.41, 5.74) is 4.59. The molecule has 7 nitrogen and oxygen atoms in total. The zero-order valence-corrected chi connectivity index (χ0v) is 18.7. The molecule has 0 aliphatic heterocycles. The van der Waals surface area contributed by atoms with Crippen molar-refractivity contribution in [3.05, 3.63) is 95.4 Å². The second-order valence-corrected chi connectivity index (χ2v) is 8.11. The molecular weight excluding hydrogens is 436 g/mol. The first-order valence-corrected chi connectivity index (χ1v) is 10.9. The van der Waals surface area contributed by atoms with Crippen LogP contribution in [0.2, 0.25) is 5.02 Å². The van der Waals surface area contributed by atoms with Gasteiger partial charge in [0.1, 0.15) is 6.54 Å². The lowest BCUT2D eigenvalue weighted by Crippen LogP contribution is -2.20. The number of pyridine rings is 1. The molecule has 164 valence electrons. The van der Waals surface area contributed by atoms with Crippen LogP contribution in [-0.2, 0) is 17.9 Å². The summed E-state index contributed by atoms with van der Waals surface area (Å²) in [7, 11) is 0. The van der Waals surface area contributed by atoms with Crippen molar-refractivity contribution in [1.29, 1.82) is 0 Å². The monoisotopic (exact) mass is 456 g/mol. The molecule has 0 aliphatic carbocycles. The molecule has 1 N–H and O–H groups in total. The third kappa shape index (κ3) is 4.36. The predicted octanol–water partition coefficient (Wildman–Crippen LogP) is 4.94. The Hall–Kier alpha value is -3.97. The maximum absolute atomic E-state index is 12.7. The van der Waals surface area contributed by atoms with Gasteiger partial charge in [0.15, 0.2) is 11.5 Å². The summed E-state index contributed by atoms with van der Waals surface area (Å²) in [5.74, 6) is 0.243. The summed E-state index contributed by atoms with van der Waals surface area (Å²) in [6.07, 6.45) is 3.55. The first-order valence-electron chi connectivity index (χ1n) is 10.5. The molecule has 1 amide bonds. The minimum absolute atomic E-state index is 0.0347. The summed E-state index contributed by atoms with van der Waals surface area (Å²) in [5, 5.41) is 13.5. The number of anilines is 1. The maximum atomic E-state index is 12.7. The standard InChI is InChI=1S/C25H21ClN6O/c1-17-24-20(18-7-3-2-4-8-18)11-13-27-25(24)32(29-17)16-23(33)28-22-12-14-31(30-22)15-19-9-5-6-10-21(19)26/h2-14H,15-16H2,1H3,(H,28,30,33). The molecule has 3 aromatic heterocycles. The van der Waals surface area contributed by atoms with Gasteiger partial charge in [-0.3, -0.25) is 9.48 Å². The van der Waals surface area contributed by atoms with Crippen molar-refractivity contribution in [2.45, 2.75) is 20.0 Å². The molecule has 3 heterocycles. The Morgan fingerprint density at radius 3 is 2.61 bits per heavy atom. The first kappa shape index (κ1) is 20.9. The van der Waals surface area contributed by atoms with Crippen LogP contribution in [0.4, 0.5) is 5.82 Å². The molecule has 33 heavy (non-hydrogen) atoms. The molecule has 0 bridgehead atoms. The van der Waals surface area contributed by atoms with Gasteiger partial charge in [-0.05, 0) is 35.7 Å². The first-order chi connectivity index (χ1) is 16.1. The van der Waals surface area contributed by atoms with Crippen LogP contribution >= 0.6 is 11.6 Å². The van der Waals surface area contributed by atoms with Gasteiger partial charge in [0.2, 0.25) is 5.91 Å². The second-order valence-electron chi connectivity index (χ2n) is 7.70. The molecule has 5 aromatic rings. The number of benzene rings is 2. The normalized spacial score (nSPS) is 11.1. The number of carbonyl (C=O) groups is 1. The van der Waals surface area contributed by atoms with Gasteiger partial charge in [0.25, 0.3) is 0 Å². The maximum Gasteiger partial charge on any atom is 0.247 e. The van der Waals surface area contributed by atoms with Gasteiger partial charge in [-0.1, -0.05) is 60.1 Å². The van der Waals surface area contributed by atoms with Crippen LogP contribution in [0, 0.1) is 6.92 Å². The van der Waals surface area contributed by atoms with Crippen LogP contribution in [0.3, 0.4) is 0 Å². The average molecular weight is 457 g/mol. The van der Waals surface area contributed by atoms with E-state index in [1.54, 1.807) is 27.8 Å². The third-order valence-corrected chi connectivity index (χ3v) is 5.75. The zero-order valence-electron chi connectivity index (χ0n) is 17.9. The lowest BCUT2D eigenvalue weighted by Gasteiger charge is -2.06. The lowest BCUT2D eigenvalue weighted by molar-refractivity contribution is -0.116. The number of hydrogen-bond donors (Lipinski definition) is 1. The Morgan fingerprint density at radius 1 is 1.00 bits per heavy atom. The third-order valence-electron chi connectivity index (χ3n) is 5.38. The summed E-state index contributed by atoms with van der Waals surface area (Å²) in [6.45, 7) is 2.49. The number of nitrogens with zero attached hydrogens (tertiary/aromatic N) is 5. The van der Waals surface area contributed by atoms with Crippen LogP contribution in [0.1, 0.15) is 11.3 Å². The largest absolute Gasteiger partial charge is 0.308 e. The SMILES string of the molecule is Cc1nn(CC(=O)Nc2ccn(Cc3ccccc3Cl)n2)c2nccc(-c3ccccc3)c12. The van der Waals surface area contributed by atoms with Crippen LogP contribution < -0.4 is 5.32 Å². The van der Waals surface area contributed by atoms with E-state index in [2.05, 4.69) is 32.6 Å². The van der Waals surface area contributed by atoms with E-state index in [1.807, 2.05) is 55.5 Å². The predicted molar refractivity (Wildman–Crippen MR) is 129 cm³/mol. The topological polar surface area (TPSA) is 77.6 Å². The van der Waals surface area contributed by atoms with Crippen molar-refractivity contribution >= 4 is 34.4 Å². The molecule has 5 rings (SSSR count). The smallest absolute Gasteiger partial charge is 0.247 e. The number of halogens is 1. The van der Waals surface area contributed by atoms with Crippen LogP contribution in [0.25, 0.3) is 22.2 Å². The molecule has 0 spiro atoms. The molecule has 0 unspecified atom stereocenters. The van der Waals surface area contributed by atoms with Crippen LogP contribution in [0.5, 0.6) is 0 Å². The van der Waals surface area contributed by atoms with E-state index in [9.17, 15) is 4.79 Å². The minimum atomic E-state index is -0.227. The quantitative estimate of drug-likeness (QED) is 0.392. The van der Waals surface area contributed by atoms with Gasteiger partial charge < -0.3 is 5.32 Å². The Kier molecular flexibility index (Phi) is 5.62. The average Bonchev–Trinajstić information content (AvgIpc) is 3.39. The van der Waals surface area contributed by atoms with E-state index in [1.165, 1.54) is 0 Å². The van der Waals surface area contributed by atoms with E-state index < -0.39 is 0 Å². The van der Waals surface area contributed by atoms with Gasteiger partial charge in [0, 0.05) is 28.9 Å². The summed E-state index contributed by atoms with van der Waals surface area (Å²) in [4.78, 5) is 17.2. The fraction of sp³-hybridized carbons (Fsp3) is 0.120. The lowest BCUT2D eigenvalue weighted by atomic mass is 10.0. The van der Waals surface area contributed by atoms with Gasteiger partial charge in [-0.2, -0.15) is 10.2 Å². The van der Waals surface area contributed by atoms with E-state index in [0.717, 1.165) is 27.8 Å². The fourth-order valence-corrected chi connectivity index (χ4v) is 4.08. The van der Waals surface area contributed by atoms with Gasteiger partial charge in [-0.25, -0.2) is 9.67 Å². The molecule has 0 radical (unpaired) electrons. The number of carbonyl (C=O) groups excluding carboxylic acids is 1. The minimum Gasteiger partial charge on any atom is -0.308 e. The fourth-order valence-electron chi connectivity index (χ4n) is 3.89. The summed E-state index contributed by atoms with van der Waals surface area (Å²) in [6, 6.07) is 21.4. The highest BCUT2D eigenvalue weighted by Crippen LogP contribution is 2.29. The highest BCUT2D eigenvalue weighted by Gasteiger charge is 2.16. The zero-order chi connectivity index (χ0) is 22.8. The van der Waals surface area contributed by atoms with E-state index in [0.29, 0.717) is 23.0 Å². The number of fused-ring (bicyclic) bond motifs is 1. The van der Waals surface area contributed by atoms with Crippen molar-refractivity contribution in [2.24, 2.45) is 0 Å². The van der Waals surface area contributed by atoms with Crippen molar-refractivity contribution in [2.75, 3.05) is 5.32 Å². The molecule has 0 saturated heterocycles. The van der Waals surface area contributed by atoms with E-state index >= 15 is 0 Å². The molecular formula is C25H21ClN6O. The summed E-state index contributed by atoms with van der Waals surface area (Å²) < 4.78 is 3.37. The molecule has 0 fully saturated rings. The second kappa shape index (κ2) is 8.88. The molecule has 0 aliphatic rings. The van der Waals surface area contributed by atoms with Crippen molar-refractivity contribution in [1.82, 2.24) is 24.5 Å². The van der Waals surface area contributed by atoms with Crippen molar-refractivity contribution in [3.63, 3.8) is 0 Å². The Morgan fingerprint density at radius 2 is 1.79 bits per heavy atom. The highest BCUT2D eigenvalue weighted by atomic mass is 35.5. The molecule has 0 saturated carbocycles. The molecule has 8 heteroatoms. The number of aryl methyl sites for hydroxylation is 1.